The molecule has 4 nitrogen and oxygen atoms in total. The van der Waals surface area contributed by atoms with Gasteiger partial charge < -0.3 is 5.32 Å². The first-order valence-electron chi connectivity index (χ1n) is 7.46. The Morgan fingerprint density at radius 3 is 2.67 bits per heavy atom. The van der Waals surface area contributed by atoms with E-state index in [1.807, 2.05) is 6.92 Å². The van der Waals surface area contributed by atoms with Gasteiger partial charge in [0.05, 0.1) is 8.68 Å². The second-order valence-corrected chi connectivity index (χ2v) is 10.6. The summed E-state index contributed by atoms with van der Waals surface area (Å²) in [5, 5.41) is 3.41. The monoisotopic (exact) mass is 392 g/mol. The Balaban J connectivity index is 1.84. The third-order valence-electron chi connectivity index (χ3n) is 4.21. The van der Waals surface area contributed by atoms with E-state index in [9.17, 15) is 8.42 Å². The van der Waals surface area contributed by atoms with Gasteiger partial charge in [-0.1, -0.05) is 0 Å². The standard InChI is InChI=1S/C14H21BrN2O2S2/c1-10-13(7-14(15)20-10)21(18,19)17(8-11-4-5-11)9-12-3-2-6-16-12/h7,11-12,16H,2-6,8-9H2,1H3. The third kappa shape index (κ3) is 3.69. The summed E-state index contributed by atoms with van der Waals surface area (Å²) in [6.45, 7) is 4.16. The minimum Gasteiger partial charge on any atom is -0.313 e. The van der Waals surface area contributed by atoms with Crippen LogP contribution in [0.25, 0.3) is 0 Å². The van der Waals surface area contributed by atoms with Crippen molar-refractivity contribution in [3.8, 4) is 0 Å². The van der Waals surface area contributed by atoms with E-state index in [4.69, 9.17) is 0 Å². The molecule has 21 heavy (non-hydrogen) atoms. The van der Waals surface area contributed by atoms with Gasteiger partial charge >= 0.3 is 0 Å². The second kappa shape index (κ2) is 6.28. The van der Waals surface area contributed by atoms with E-state index in [1.54, 1.807) is 10.4 Å². The average molecular weight is 393 g/mol. The highest BCUT2D eigenvalue weighted by atomic mass is 79.9. The summed E-state index contributed by atoms with van der Waals surface area (Å²) in [5.74, 6) is 0.559. The Hall–Kier alpha value is 0.0500. The Kier molecular flexibility index (Phi) is 4.76. The third-order valence-corrected chi connectivity index (χ3v) is 7.85. The van der Waals surface area contributed by atoms with Crippen molar-refractivity contribution in [1.82, 2.24) is 9.62 Å². The molecule has 1 aliphatic carbocycles. The van der Waals surface area contributed by atoms with E-state index < -0.39 is 10.0 Å². The predicted molar refractivity (Wildman–Crippen MR) is 89.3 cm³/mol. The van der Waals surface area contributed by atoms with Crippen molar-refractivity contribution >= 4 is 37.3 Å². The summed E-state index contributed by atoms with van der Waals surface area (Å²) in [7, 11) is -3.38. The van der Waals surface area contributed by atoms with Crippen molar-refractivity contribution in [3.05, 3.63) is 14.7 Å². The summed E-state index contributed by atoms with van der Waals surface area (Å²) in [5.41, 5.74) is 0. The molecule has 0 amide bonds. The zero-order chi connectivity index (χ0) is 15.0. The molecule has 0 radical (unpaired) electrons. The smallest absolute Gasteiger partial charge is 0.244 e. The van der Waals surface area contributed by atoms with Crippen LogP contribution in [0.4, 0.5) is 0 Å². The molecule has 1 aromatic heterocycles. The van der Waals surface area contributed by atoms with Crippen LogP contribution in [-0.2, 0) is 10.0 Å². The van der Waals surface area contributed by atoms with Gasteiger partial charge in [-0.25, -0.2) is 8.42 Å². The SMILES string of the molecule is Cc1sc(Br)cc1S(=O)(=O)N(CC1CC1)CC1CCCN1. The molecule has 2 fully saturated rings. The van der Waals surface area contributed by atoms with E-state index >= 15 is 0 Å². The summed E-state index contributed by atoms with van der Waals surface area (Å²) >= 11 is 4.89. The number of rotatable bonds is 6. The van der Waals surface area contributed by atoms with E-state index in [0.717, 1.165) is 40.9 Å². The fraction of sp³-hybridized carbons (Fsp3) is 0.714. The zero-order valence-corrected chi connectivity index (χ0v) is 15.4. The molecule has 0 bridgehead atoms. The quantitative estimate of drug-likeness (QED) is 0.809. The molecule has 3 rings (SSSR count). The molecule has 2 heterocycles. The number of nitrogens with zero attached hydrogens (tertiary/aromatic N) is 1. The normalized spacial score (nSPS) is 23.1. The van der Waals surface area contributed by atoms with Gasteiger partial charge in [0.2, 0.25) is 10.0 Å². The number of sulfonamides is 1. The molecule has 1 unspecified atom stereocenters. The lowest BCUT2D eigenvalue weighted by atomic mass is 10.2. The first kappa shape index (κ1) is 15.9. The number of aryl methyl sites for hydroxylation is 1. The lowest BCUT2D eigenvalue weighted by Crippen LogP contribution is -2.42. The number of hydrogen-bond acceptors (Lipinski definition) is 4. The van der Waals surface area contributed by atoms with E-state index in [0.29, 0.717) is 29.9 Å². The van der Waals surface area contributed by atoms with Crippen LogP contribution in [-0.4, -0.2) is 38.4 Å². The molecule has 1 saturated heterocycles. The Morgan fingerprint density at radius 1 is 1.38 bits per heavy atom. The predicted octanol–water partition coefficient (Wildman–Crippen LogP) is 2.97. The molecule has 118 valence electrons. The summed E-state index contributed by atoms with van der Waals surface area (Å²) in [6, 6.07) is 2.05. The fourth-order valence-corrected chi connectivity index (χ4v) is 6.79. The van der Waals surface area contributed by atoms with Gasteiger partial charge in [0, 0.05) is 24.0 Å². The minimum atomic E-state index is -3.38. The van der Waals surface area contributed by atoms with Crippen LogP contribution >= 0.6 is 27.3 Å². The summed E-state index contributed by atoms with van der Waals surface area (Å²) < 4.78 is 28.6. The van der Waals surface area contributed by atoms with Crippen LogP contribution in [0.5, 0.6) is 0 Å². The number of halogens is 1. The Bertz CT molecular complexity index is 604. The summed E-state index contributed by atoms with van der Waals surface area (Å²) in [6.07, 6.45) is 4.54. The van der Waals surface area contributed by atoms with Crippen molar-refractivity contribution in [2.75, 3.05) is 19.6 Å². The number of thiophene rings is 1. The minimum absolute atomic E-state index is 0.306. The topological polar surface area (TPSA) is 49.4 Å². The van der Waals surface area contributed by atoms with Gasteiger partial charge in [-0.05, 0) is 67.1 Å². The molecule has 1 aromatic rings. The number of hydrogen-bond donors (Lipinski definition) is 1. The van der Waals surface area contributed by atoms with Crippen LogP contribution < -0.4 is 5.32 Å². The lowest BCUT2D eigenvalue weighted by molar-refractivity contribution is 0.358. The van der Waals surface area contributed by atoms with Gasteiger partial charge in [0.1, 0.15) is 0 Å². The van der Waals surface area contributed by atoms with Gasteiger partial charge in [-0.15, -0.1) is 11.3 Å². The van der Waals surface area contributed by atoms with E-state index in [2.05, 4.69) is 21.2 Å². The van der Waals surface area contributed by atoms with Crippen molar-refractivity contribution in [2.24, 2.45) is 5.92 Å². The van der Waals surface area contributed by atoms with Crippen LogP contribution in [0, 0.1) is 12.8 Å². The molecule has 0 spiro atoms. The molecule has 0 aromatic carbocycles. The van der Waals surface area contributed by atoms with Crippen molar-refractivity contribution in [2.45, 2.75) is 43.5 Å². The maximum Gasteiger partial charge on any atom is 0.244 e. The van der Waals surface area contributed by atoms with Crippen LogP contribution in [0.3, 0.4) is 0 Å². The molecular formula is C14H21BrN2O2S2. The van der Waals surface area contributed by atoms with Gasteiger partial charge in [0.25, 0.3) is 0 Å². The second-order valence-electron chi connectivity index (χ2n) is 6.03. The molecule has 1 aliphatic heterocycles. The van der Waals surface area contributed by atoms with Crippen LogP contribution in [0.1, 0.15) is 30.6 Å². The van der Waals surface area contributed by atoms with Crippen LogP contribution in [0.15, 0.2) is 14.7 Å². The molecule has 1 atom stereocenters. The lowest BCUT2D eigenvalue weighted by Gasteiger charge is -2.25. The molecule has 1 saturated carbocycles. The zero-order valence-electron chi connectivity index (χ0n) is 12.1. The molecule has 7 heteroatoms. The maximum atomic E-state index is 13.0. The van der Waals surface area contributed by atoms with Crippen molar-refractivity contribution < 1.29 is 8.42 Å². The average Bonchev–Trinajstić information content (AvgIpc) is 2.94. The first-order valence-corrected chi connectivity index (χ1v) is 10.5. The Morgan fingerprint density at radius 2 is 2.14 bits per heavy atom. The Labute approximate surface area is 139 Å². The van der Waals surface area contributed by atoms with E-state index in [1.165, 1.54) is 11.3 Å². The molecule has 2 aliphatic rings. The fourth-order valence-electron chi connectivity index (χ4n) is 2.84. The first-order chi connectivity index (χ1) is 9.96. The highest BCUT2D eigenvalue weighted by Crippen LogP contribution is 2.35. The van der Waals surface area contributed by atoms with Gasteiger partial charge in [-0.3, -0.25) is 0 Å². The largest absolute Gasteiger partial charge is 0.313 e. The highest BCUT2D eigenvalue weighted by molar-refractivity contribution is 9.11. The van der Waals surface area contributed by atoms with E-state index in [-0.39, 0.29) is 0 Å². The van der Waals surface area contributed by atoms with Crippen molar-refractivity contribution in [3.63, 3.8) is 0 Å². The highest BCUT2D eigenvalue weighted by Gasteiger charge is 2.35. The summed E-state index contributed by atoms with van der Waals surface area (Å²) in [4.78, 5) is 1.33. The van der Waals surface area contributed by atoms with Crippen LogP contribution in [0.2, 0.25) is 0 Å². The van der Waals surface area contributed by atoms with Gasteiger partial charge in [-0.2, -0.15) is 4.31 Å². The maximum absolute atomic E-state index is 13.0. The number of nitrogens with one attached hydrogen (secondary N) is 1. The molecular weight excluding hydrogens is 372 g/mol. The van der Waals surface area contributed by atoms with Crippen molar-refractivity contribution in [1.29, 1.82) is 0 Å². The molecule has 1 N–H and O–H groups in total. The van der Waals surface area contributed by atoms with Gasteiger partial charge in [0.15, 0.2) is 0 Å².